The first-order valence-electron chi connectivity index (χ1n) is 5.89. The smallest absolute Gasteiger partial charge is 0.255 e. The van der Waals surface area contributed by atoms with Crippen molar-refractivity contribution in [3.8, 4) is 0 Å². The van der Waals surface area contributed by atoms with Crippen LogP contribution < -0.4 is 5.32 Å². The van der Waals surface area contributed by atoms with E-state index in [1.807, 2.05) is 5.38 Å². The molecule has 106 valence electrons. The van der Waals surface area contributed by atoms with Crippen molar-refractivity contribution in [1.82, 2.24) is 5.32 Å². The Morgan fingerprint density at radius 2 is 2.25 bits per heavy atom. The van der Waals surface area contributed by atoms with Crippen LogP contribution in [0.4, 0.5) is 4.39 Å². The van der Waals surface area contributed by atoms with Crippen LogP contribution in [0.2, 0.25) is 5.02 Å². The molecule has 0 bridgehead atoms. The summed E-state index contributed by atoms with van der Waals surface area (Å²) in [6.07, 6.45) is 0. The molecule has 0 spiro atoms. The quantitative estimate of drug-likeness (QED) is 0.911. The lowest BCUT2D eigenvalue weighted by atomic mass is 9.99. The second-order valence-corrected chi connectivity index (χ2v) is 5.75. The Bertz CT molecular complexity index is 593. The van der Waals surface area contributed by atoms with Crippen LogP contribution in [0.5, 0.6) is 0 Å². The van der Waals surface area contributed by atoms with Crippen molar-refractivity contribution < 1.29 is 14.3 Å². The van der Waals surface area contributed by atoms with Crippen LogP contribution in [0, 0.1) is 5.82 Å². The predicted octanol–water partition coefficient (Wildman–Crippen LogP) is 3.18. The summed E-state index contributed by atoms with van der Waals surface area (Å²) >= 11 is 7.26. The zero-order valence-electron chi connectivity index (χ0n) is 10.7. The van der Waals surface area contributed by atoms with Crippen molar-refractivity contribution in [3.05, 3.63) is 57.0 Å². The second kappa shape index (κ2) is 5.91. The Balaban J connectivity index is 2.10. The molecule has 0 saturated carbocycles. The van der Waals surface area contributed by atoms with Gasteiger partial charge in [0.1, 0.15) is 11.4 Å². The lowest BCUT2D eigenvalue weighted by molar-refractivity contribution is 0.0529. The average molecular weight is 314 g/mol. The number of hydrogen-bond donors (Lipinski definition) is 2. The van der Waals surface area contributed by atoms with Gasteiger partial charge in [0, 0.05) is 0 Å². The summed E-state index contributed by atoms with van der Waals surface area (Å²) in [5, 5.41) is 16.4. The van der Waals surface area contributed by atoms with E-state index in [4.69, 9.17) is 11.6 Å². The Kier molecular flexibility index (Phi) is 4.42. The van der Waals surface area contributed by atoms with Crippen LogP contribution in [-0.4, -0.2) is 17.6 Å². The van der Waals surface area contributed by atoms with Crippen molar-refractivity contribution in [1.29, 1.82) is 0 Å². The van der Waals surface area contributed by atoms with Gasteiger partial charge in [0.05, 0.1) is 17.1 Å². The SMILES string of the molecule is C[C@](O)(CNC(=O)c1c(F)cccc1Cl)c1ccsc1. The minimum atomic E-state index is -1.21. The third-order valence-corrected chi connectivity index (χ3v) is 3.92. The normalized spacial score (nSPS) is 13.8. The lowest BCUT2D eigenvalue weighted by Crippen LogP contribution is -2.38. The van der Waals surface area contributed by atoms with E-state index in [1.54, 1.807) is 18.4 Å². The van der Waals surface area contributed by atoms with Crippen molar-refractivity contribution in [3.63, 3.8) is 0 Å². The number of amides is 1. The summed E-state index contributed by atoms with van der Waals surface area (Å²) in [6.45, 7) is 1.55. The van der Waals surface area contributed by atoms with Gasteiger partial charge >= 0.3 is 0 Å². The molecule has 0 aliphatic heterocycles. The zero-order valence-corrected chi connectivity index (χ0v) is 12.3. The van der Waals surface area contributed by atoms with E-state index >= 15 is 0 Å². The average Bonchev–Trinajstić information content (AvgIpc) is 2.91. The standard InChI is InChI=1S/C14H13ClFNO2S/c1-14(19,9-5-6-20-7-9)8-17-13(18)12-10(15)3-2-4-11(12)16/h2-7,19H,8H2,1H3,(H,17,18)/t14-/m0/s1. The molecule has 0 radical (unpaired) electrons. The van der Waals surface area contributed by atoms with Gasteiger partial charge in [0.25, 0.3) is 5.91 Å². The number of aliphatic hydroxyl groups is 1. The highest BCUT2D eigenvalue weighted by Crippen LogP contribution is 2.23. The monoisotopic (exact) mass is 313 g/mol. The highest BCUT2D eigenvalue weighted by Gasteiger charge is 2.25. The maximum Gasteiger partial charge on any atom is 0.255 e. The number of halogens is 2. The number of nitrogens with one attached hydrogen (secondary N) is 1. The van der Waals surface area contributed by atoms with Gasteiger partial charge in [-0.05, 0) is 41.4 Å². The second-order valence-electron chi connectivity index (χ2n) is 4.57. The molecule has 1 aromatic carbocycles. The first-order valence-corrected chi connectivity index (χ1v) is 7.21. The molecule has 1 heterocycles. The molecule has 6 heteroatoms. The highest BCUT2D eigenvalue weighted by atomic mass is 35.5. The molecule has 0 unspecified atom stereocenters. The van der Waals surface area contributed by atoms with E-state index in [0.717, 1.165) is 6.07 Å². The molecule has 2 aromatic rings. The topological polar surface area (TPSA) is 49.3 Å². The van der Waals surface area contributed by atoms with E-state index in [0.29, 0.717) is 5.56 Å². The van der Waals surface area contributed by atoms with Gasteiger partial charge in [-0.3, -0.25) is 4.79 Å². The third kappa shape index (κ3) is 3.17. The number of carbonyl (C=O) groups excluding carboxylic acids is 1. The highest BCUT2D eigenvalue weighted by molar-refractivity contribution is 7.08. The Hall–Kier alpha value is -1.43. The van der Waals surface area contributed by atoms with Crippen LogP contribution in [-0.2, 0) is 5.60 Å². The fourth-order valence-corrected chi connectivity index (χ4v) is 2.76. The van der Waals surface area contributed by atoms with E-state index in [-0.39, 0.29) is 17.1 Å². The number of carbonyl (C=O) groups is 1. The van der Waals surface area contributed by atoms with Crippen molar-refractivity contribution in [2.75, 3.05) is 6.54 Å². The van der Waals surface area contributed by atoms with Crippen LogP contribution >= 0.6 is 22.9 Å². The number of hydrogen-bond acceptors (Lipinski definition) is 3. The van der Waals surface area contributed by atoms with Gasteiger partial charge in [-0.2, -0.15) is 11.3 Å². The fourth-order valence-electron chi connectivity index (χ4n) is 1.73. The Morgan fingerprint density at radius 1 is 1.50 bits per heavy atom. The summed E-state index contributed by atoms with van der Waals surface area (Å²) in [4.78, 5) is 12.0. The zero-order chi connectivity index (χ0) is 14.8. The fraction of sp³-hybridized carbons (Fsp3) is 0.214. The van der Waals surface area contributed by atoms with Gasteiger partial charge in [0.2, 0.25) is 0 Å². The summed E-state index contributed by atoms with van der Waals surface area (Å²) in [7, 11) is 0. The summed E-state index contributed by atoms with van der Waals surface area (Å²) in [5.74, 6) is -1.34. The molecule has 1 atom stereocenters. The molecular weight excluding hydrogens is 301 g/mol. The van der Waals surface area contributed by atoms with Crippen LogP contribution in [0.25, 0.3) is 0 Å². The van der Waals surface area contributed by atoms with E-state index in [1.165, 1.54) is 23.5 Å². The van der Waals surface area contributed by atoms with Crippen LogP contribution in [0.1, 0.15) is 22.8 Å². The summed E-state index contributed by atoms with van der Waals surface area (Å²) < 4.78 is 13.6. The maximum absolute atomic E-state index is 13.6. The minimum absolute atomic E-state index is 0.0345. The molecule has 0 fully saturated rings. The molecule has 3 nitrogen and oxygen atoms in total. The Morgan fingerprint density at radius 3 is 2.85 bits per heavy atom. The first kappa shape index (κ1) is 15.0. The minimum Gasteiger partial charge on any atom is -0.384 e. The number of thiophene rings is 1. The van der Waals surface area contributed by atoms with Crippen LogP contribution in [0.3, 0.4) is 0 Å². The maximum atomic E-state index is 13.6. The van der Waals surface area contributed by atoms with Gasteiger partial charge in [-0.1, -0.05) is 17.7 Å². The molecule has 2 N–H and O–H groups in total. The van der Waals surface area contributed by atoms with Gasteiger partial charge in [-0.25, -0.2) is 4.39 Å². The van der Waals surface area contributed by atoms with Crippen molar-refractivity contribution >= 4 is 28.8 Å². The molecule has 0 saturated heterocycles. The molecule has 2 rings (SSSR count). The molecule has 1 amide bonds. The number of rotatable bonds is 4. The Labute approximate surface area is 125 Å². The largest absolute Gasteiger partial charge is 0.384 e. The van der Waals surface area contributed by atoms with Crippen LogP contribution in [0.15, 0.2) is 35.0 Å². The van der Waals surface area contributed by atoms with Gasteiger partial charge < -0.3 is 10.4 Å². The molecule has 0 aliphatic carbocycles. The lowest BCUT2D eigenvalue weighted by Gasteiger charge is -2.23. The van der Waals surface area contributed by atoms with Gasteiger partial charge in [-0.15, -0.1) is 0 Å². The third-order valence-electron chi connectivity index (χ3n) is 2.93. The van der Waals surface area contributed by atoms with Gasteiger partial charge in [0.15, 0.2) is 0 Å². The summed E-state index contributed by atoms with van der Waals surface area (Å²) in [6, 6.07) is 5.80. The molecule has 20 heavy (non-hydrogen) atoms. The van der Waals surface area contributed by atoms with Crippen molar-refractivity contribution in [2.24, 2.45) is 0 Å². The van der Waals surface area contributed by atoms with Crippen molar-refractivity contribution in [2.45, 2.75) is 12.5 Å². The predicted molar refractivity (Wildman–Crippen MR) is 77.6 cm³/mol. The molecule has 0 aliphatic rings. The molecular formula is C14H13ClFNO2S. The van der Waals surface area contributed by atoms with E-state index < -0.39 is 17.3 Å². The van der Waals surface area contributed by atoms with E-state index in [9.17, 15) is 14.3 Å². The van der Waals surface area contributed by atoms with E-state index in [2.05, 4.69) is 5.32 Å². The summed E-state index contributed by atoms with van der Waals surface area (Å²) in [5.41, 5.74) is -0.731. The molecule has 1 aromatic heterocycles. The number of benzene rings is 1. The first-order chi connectivity index (χ1) is 9.42.